The van der Waals surface area contributed by atoms with Crippen molar-refractivity contribution < 1.29 is 13.2 Å². The number of alkyl halides is 2. The van der Waals surface area contributed by atoms with Gasteiger partial charge in [-0.25, -0.2) is 9.37 Å². The molecule has 0 saturated heterocycles. The summed E-state index contributed by atoms with van der Waals surface area (Å²) in [4.78, 5) is 6.02. The number of anilines is 1. The third-order valence-electron chi connectivity index (χ3n) is 4.96. The van der Waals surface area contributed by atoms with E-state index in [2.05, 4.69) is 4.98 Å². The molecule has 3 nitrogen and oxygen atoms in total. The molecule has 1 saturated carbocycles. The number of hydrogen-bond acceptors (Lipinski definition) is 2. The number of imidazole rings is 1. The van der Waals surface area contributed by atoms with Gasteiger partial charge in [0.1, 0.15) is 11.6 Å². The van der Waals surface area contributed by atoms with Gasteiger partial charge in [-0.05, 0) is 25.0 Å². The van der Waals surface area contributed by atoms with Crippen LogP contribution in [0.5, 0.6) is 0 Å². The number of rotatable bonds is 3. The van der Waals surface area contributed by atoms with E-state index in [1.54, 1.807) is 6.07 Å². The van der Waals surface area contributed by atoms with Gasteiger partial charge in [0.25, 0.3) is 0 Å². The highest BCUT2D eigenvalue weighted by atomic mass is 19.3. The van der Waals surface area contributed by atoms with Gasteiger partial charge in [-0.3, -0.25) is 4.57 Å². The summed E-state index contributed by atoms with van der Waals surface area (Å²) in [6.45, 7) is -1.65. The van der Waals surface area contributed by atoms with Crippen LogP contribution in [0.2, 0.25) is 0 Å². The Hall–Kier alpha value is -1.98. The molecule has 116 valence electrons. The largest absolute Gasteiger partial charge is 0.363 e. The standard InChI is InChI=1S/C16H16F3N3/c17-11-3-1-4-12-14(11)16(5-2-6-16)10-21(12)9-13-20-7-8-22(13)15(18)19/h1,3-4,7-8,15H,2,5-6,9-10H2. The molecule has 1 aliphatic carbocycles. The van der Waals surface area contributed by atoms with E-state index in [0.717, 1.165) is 35.1 Å². The molecule has 0 atom stereocenters. The average molecular weight is 307 g/mol. The van der Waals surface area contributed by atoms with Gasteiger partial charge in [-0.1, -0.05) is 12.5 Å². The molecule has 0 radical (unpaired) electrons. The molecule has 0 bridgehead atoms. The lowest BCUT2D eigenvalue weighted by Crippen LogP contribution is -2.39. The molecule has 1 aromatic carbocycles. The van der Waals surface area contributed by atoms with Crippen molar-refractivity contribution in [3.8, 4) is 0 Å². The van der Waals surface area contributed by atoms with Gasteiger partial charge >= 0.3 is 6.55 Å². The fraction of sp³-hybridized carbons (Fsp3) is 0.438. The van der Waals surface area contributed by atoms with Gasteiger partial charge in [-0.15, -0.1) is 0 Å². The maximum atomic E-state index is 14.3. The molecule has 0 N–H and O–H groups in total. The van der Waals surface area contributed by atoms with Crippen LogP contribution in [0.3, 0.4) is 0 Å². The zero-order valence-electron chi connectivity index (χ0n) is 12.0. The molecule has 4 rings (SSSR count). The lowest BCUT2D eigenvalue weighted by atomic mass is 9.65. The predicted molar refractivity (Wildman–Crippen MR) is 76.5 cm³/mol. The highest BCUT2D eigenvalue weighted by molar-refractivity contribution is 5.64. The van der Waals surface area contributed by atoms with Crippen LogP contribution in [-0.4, -0.2) is 16.1 Å². The SMILES string of the molecule is Fc1cccc2c1C1(CCC1)CN2Cc1nccn1C(F)F. The van der Waals surface area contributed by atoms with Crippen LogP contribution >= 0.6 is 0 Å². The molecular weight excluding hydrogens is 291 g/mol. The van der Waals surface area contributed by atoms with Gasteiger partial charge in [0, 0.05) is 35.6 Å². The Balaban J connectivity index is 1.70. The lowest BCUT2D eigenvalue weighted by molar-refractivity contribution is 0.0669. The third-order valence-corrected chi connectivity index (χ3v) is 4.96. The minimum atomic E-state index is -2.61. The summed E-state index contributed by atoms with van der Waals surface area (Å²) in [5.74, 6) is 0.124. The van der Waals surface area contributed by atoms with E-state index in [9.17, 15) is 13.2 Å². The van der Waals surface area contributed by atoms with E-state index >= 15 is 0 Å². The number of halogens is 3. The average Bonchev–Trinajstić information content (AvgIpc) is 3.02. The molecule has 6 heteroatoms. The van der Waals surface area contributed by atoms with Crippen LogP contribution in [0.15, 0.2) is 30.6 Å². The minimum absolute atomic E-state index is 0.136. The third kappa shape index (κ3) is 1.86. The van der Waals surface area contributed by atoms with Gasteiger partial charge in [0.15, 0.2) is 0 Å². The molecule has 2 heterocycles. The summed E-state index contributed by atoms with van der Waals surface area (Å²) in [7, 11) is 0. The van der Waals surface area contributed by atoms with Crippen LogP contribution < -0.4 is 4.90 Å². The molecule has 0 unspecified atom stereocenters. The van der Waals surface area contributed by atoms with E-state index in [1.165, 1.54) is 18.5 Å². The second-order valence-electron chi connectivity index (χ2n) is 6.15. The van der Waals surface area contributed by atoms with Gasteiger partial charge < -0.3 is 4.90 Å². The second-order valence-corrected chi connectivity index (χ2v) is 6.15. The van der Waals surface area contributed by atoms with Crippen molar-refractivity contribution in [2.75, 3.05) is 11.4 Å². The quantitative estimate of drug-likeness (QED) is 0.858. The van der Waals surface area contributed by atoms with E-state index in [1.807, 2.05) is 11.0 Å². The van der Waals surface area contributed by atoms with Gasteiger partial charge in [0.05, 0.1) is 6.54 Å². The van der Waals surface area contributed by atoms with Gasteiger partial charge in [0.2, 0.25) is 0 Å². The zero-order chi connectivity index (χ0) is 15.3. The first-order chi connectivity index (χ1) is 10.6. The highest BCUT2D eigenvalue weighted by Gasteiger charge is 2.48. The van der Waals surface area contributed by atoms with Crippen molar-refractivity contribution in [3.05, 3.63) is 47.8 Å². The summed E-state index contributed by atoms with van der Waals surface area (Å²) in [5.41, 5.74) is 1.45. The van der Waals surface area contributed by atoms with Crippen molar-refractivity contribution in [1.82, 2.24) is 9.55 Å². The van der Waals surface area contributed by atoms with Crippen molar-refractivity contribution in [2.24, 2.45) is 0 Å². The Morgan fingerprint density at radius 3 is 2.77 bits per heavy atom. The summed E-state index contributed by atoms with van der Waals surface area (Å²) in [6.07, 6.45) is 5.67. The Morgan fingerprint density at radius 1 is 1.27 bits per heavy atom. The predicted octanol–water partition coefficient (Wildman–Crippen LogP) is 3.86. The zero-order valence-corrected chi connectivity index (χ0v) is 12.0. The maximum absolute atomic E-state index is 14.3. The molecule has 2 aliphatic rings. The number of fused-ring (bicyclic) bond motifs is 2. The van der Waals surface area contributed by atoms with Crippen LogP contribution in [0, 0.1) is 5.82 Å². The smallest absolute Gasteiger partial charge is 0.319 e. The molecule has 1 aromatic heterocycles. The molecule has 1 aliphatic heterocycles. The number of benzene rings is 1. The maximum Gasteiger partial charge on any atom is 0.319 e. The number of aromatic nitrogens is 2. The lowest BCUT2D eigenvalue weighted by Gasteiger charge is -2.39. The Morgan fingerprint density at radius 2 is 2.09 bits per heavy atom. The molecule has 1 fully saturated rings. The summed E-state index contributed by atoms with van der Waals surface area (Å²) in [6, 6.07) is 5.04. The molecule has 2 aromatic rings. The van der Waals surface area contributed by atoms with E-state index < -0.39 is 6.55 Å². The first kappa shape index (κ1) is 13.7. The monoisotopic (exact) mass is 307 g/mol. The Labute approximate surface area is 126 Å². The van der Waals surface area contributed by atoms with Crippen molar-refractivity contribution in [3.63, 3.8) is 0 Å². The van der Waals surface area contributed by atoms with Crippen LogP contribution in [0.1, 0.15) is 37.2 Å². The van der Waals surface area contributed by atoms with E-state index in [-0.39, 0.29) is 17.8 Å². The summed E-state index contributed by atoms with van der Waals surface area (Å²) >= 11 is 0. The van der Waals surface area contributed by atoms with Crippen molar-refractivity contribution in [2.45, 2.75) is 37.8 Å². The fourth-order valence-electron chi connectivity index (χ4n) is 3.80. The van der Waals surface area contributed by atoms with Crippen LogP contribution in [-0.2, 0) is 12.0 Å². The Kier molecular flexibility index (Phi) is 2.96. The number of hydrogen-bond donors (Lipinski definition) is 0. The molecule has 22 heavy (non-hydrogen) atoms. The Bertz CT molecular complexity index is 706. The summed E-state index contributed by atoms with van der Waals surface area (Å²) in [5, 5.41) is 0. The number of nitrogens with zero attached hydrogens (tertiary/aromatic N) is 3. The minimum Gasteiger partial charge on any atom is -0.363 e. The normalized spacial score (nSPS) is 18.8. The first-order valence-electron chi connectivity index (χ1n) is 7.44. The van der Waals surface area contributed by atoms with Crippen molar-refractivity contribution >= 4 is 5.69 Å². The fourth-order valence-corrected chi connectivity index (χ4v) is 3.80. The van der Waals surface area contributed by atoms with Crippen LogP contribution in [0.25, 0.3) is 0 Å². The van der Waals surface area contributed by atoms with Crippen LogP contribution in [0.4, 0.5) is 18.9 Å². The van der Waals surface area contributed by atoms with Gasteiger partial charge in [-0.2, -0.15) is 8.78 Å². The highest BCUT2D eigenvalue weighted by Crippen LogP contribution is 2.53. The van der Waals surface area contributed by atoms with E-state index in [0.29, 0.717) is 12.4 Å². The van der Waals surface area contributed by atoms with Crippen molar-refractivity contribution in [1.29, 1.82) is 0 Å². The van der Waals surface area contributed by atoms with E-state index in [4.69, 9.17) is 0 Å². The molecule has 0 amide bonds. The molecular formula is C16H16F3N3. The topological polar surface area (TPSA) is 21.1 Å². The second kappa shape index (κ2) is 4.76. The first-order valence-corrected chi connectivity index (χ1v) is 7.44. The summed E-state index contributed by atoms with van der Waals surface area (Å²) < 4.78 is 41.1. The molecule has 1 spiro atoms.